The maximum atomic E-state index is 2.57. The van der Waals surface area contributed by atoms with Crippen LogP contribution in [0.15, 0.2) is 158 Å². The van der Waals surface area contributed by atoms with Gasteiger partial charge in [0.25, 0.3) is 0 Å². The van der Waals surface area contributed by atoms with Crippen molar-refractivity contribution in [3.05, 3.63) is 180 Å². The molecule has 45 heavy (non-hydrogen) atoms. The van der Waals surface area contributed by atoms with Gasteiger partial charge in [0.05, 0.1) is 5.41 Å². The SMILES string of the molecule is c1ccc2c(c1)-c1ccccc1C21c2ccccc2-c2c1cc1c3c(cccc23)-c2c(-c3ccc4ccccc4c3)cccc2-1. The standard InChI is InChI=1S/C45H26/c1-2-12-28-25-29(24-23-27(28)11-1)30-16-9-17-33-37-26-41-44(36-19-10-18-35(42(30)33)43(36)37)34-15-5-8-22-40(34)45(41)38-20-6-3-13-31(38)32-14-4-7-21-39(32)45/h1-26H. The van der Waals surface area contributed by atoms with Crippen LogP contribution in [0.4, 0.5) is 0 Å². The zero-order valence-electron chi connectivity index (χ0n) is 24.5. The molecule has 0 amide bonds. The highest BCUT2D eigenvalue weighted by Crippen LogP contribution is 2.65. The Morgan fingerprint density at radius 2 is 0.889 bits per heavy atom. The Hall–Kier alpha value is -5.72. The molecule has 0 radical (unpaired) electrons. The zero-order valence-corrected chi connectivity index (χ0v) is 24.5. The van der Waals surface area contributed by atoms with E-state index in [9.17, 15) is 0 Å². The second-order valence-electron chi connectivity index (χ2n) is 12.8. The lowest BCUT2D eigenvalue weighted by atomic mass is 9.70. The van der Waals surface area contributed by atoms with Crippen LogP contribution in [0.2, 0.25) is 0 Å². The third-order valence-corrected chi connectivity index (χ3v) is 10.8. The molecule has 0 fully saturated rings. The molecule has 3 aliphatic carbocycles. The molecule has 0 aliphatic heterocycles. The maximum Gasteiger partial charge on any atom is 0.0725 e. The first-order chi connectivity index (χ1) is 22.3. The van der Waals surface area contributed by atoms with Crippen LogP contribution < -0.4 is 0 Å². The van der Waals surface area contributed by atoms with E-state index >= 15 is 0 Å². The summed E-state index contributed by atoms with van der Waals surface area (Å²) in [7, 11) is 0. The van der Waals surface area contributed by atoms with E-state index < -0.39 is 0 Å². The zero-order chi connectivity index (χ0) is 29.3. The largest absolute Gasteiger partial charge is 0.0725 e. The number of hydrogen-bond acceptors (Lipinski definition) is 0. The molecule has 8 aromatic rings. The summed E-state index contributed by atoms with van der Waals surface area (Å²) >= 11 is 0. The third-order valence-electron chi connectivity index (χ3n) is 10.8. The maximum absolute atomic E-state index is 2.57. The second-order valence-corrected chi connectivity index (χ2v) is 12.8. The average Bonchev–Trinajstić information content (AvgIpc) is 3.71. The van der Waals surface area contributed by atoms with Gasteiger partial charge in [0.1, 0.15) is 0 Å². The fraction of sp³-hybridized carbons (Fsp3) is 0.0222. The number of benzene rings is 8. The first-order valence-electron chi connectivity index (χ1n) is 15.9. The van der Waals surface area contributed by atoms with Crippen molar-refractivity contribution in [1.82, 2.24) is 0 Å². The summed E-state index contributed by atoms with van der Waals surface area (Å²) in [6.45, 7) is 0. The van der Waals surface area contributed by atoms with E-state index in [1.165, 1.54) is 99.4 Å². The van der Waals surface area contributed by atoms with E-state index in [-0.39, 0.29) is 5.41 Å². The van der Waals surface area contributed by atoms with Crippen molar-refractivity contribution in [1.29, 1.82) is 0 Å². The minimum Gasteiger partial charge on any atom is -0.0619 e. The van der Waals surface area contributed by atoms with Crippen LogP contribution in [-0.2, 0) is 5.41 Å². The fourth-order valence-electron chi connectivity index (χ4n) is 9.14. The van der Waals surface area contributed by atoms with Gasteiger partial charge in [-0.15, -0.1) is 0 Å². The summed E-state index contributed by atoms with van der Waals surface area (Å²) in [4.78, 5) is 0. The van der Waals surface area contributed by atoms with Gasteiger partial charge in [0.2, 0.25) is 0 Å². The minimum absolute atomic E-state index is 0.349. The lowest BCUT2D eigenvalue weighted by molar-refractivity contribution is 0.795. The molecule has 1 spiro atoms. The van der Waals surface area contributed by atoms with Crippen molar-refractivity contribution >= 4 is 21.5 Å². The molecule has 11 rings (SSSR count). The van der Waals surface area contributed by atoms with Gasteiger partial charge in [-0.3, -0.25) is 0 Å². The van der Waals surface area contributed by atoms with Crippen LogP contribution >= 0.6 is 0 Å². The molecule has 0 saturated heterocycles. The van der Waals surface area contributed by atoms with Crippen molar-refractivity contribution in [3.63, 3.8) is 0 Å². The predicted octanol–water partition coefficient (Wildman–Crippen LogP) is 11.7. The second kappa shape index (κ2) is 8.25. The molecule has 3 aliphatic rings. The Kier molecular flexibility index (Phi) is 4.35. The smallest absolute Gasteiger partial charge is 0.0619 e. The topological polar surface area (TPSA) is 0 Å². The molecule has 0 heteroatoms. The summed E-state index contributed by atoms with van der Waals surface area (Å²) in [5, 5.41) is 5.28. The van der Waals surface area contributed by atoms with Gasteiger partial charge >= 0.3 is 0 Å². The molecule has 0 N–H and O–H groups in total. The number of fused-ring (bicyclic) bond motifs is 15. The van der Waals surface area contributed by atoms with Gasteiger partial charge in [-0.1, -0.05) is 146 Å². The molecule has 0 unspecified atom stereocenters. The summed E-state index contributed by atoms with van der Waals surface area (Å²) in [6, 6.07) is 59.3. The summed E-state index contributed by atoms with van der Waals surface area (Å²) in [6.07, 6.45) is 0. The van der Waals surface area contributed by atoms with Crippen LogP contribution in [0.25, 0.3) is 77.2 Å². The van der Waals surface area contributed by atoms with Gasteiger partial charge in [0.15, 0.2) is 0 Å². The van der Waals surface area contributed by atoms with Gasteiger partial charge < -0.3 is 0 Å². The van der Waals surface area contributed by atoms with Crippen LogP contribution in [-0.4, -0.2) is 0 Å². The molecule has 0 aromatic heterocycles. The van der Waals surface area contributed by atoms with E-state index in [4.69, 9.17) is 0 Å². The molecular formula is C45H26. The highest BCUT2D eigenvalue weighted by Gasteiger charge is 2.52. The summed E-state index contributed by atoms with van der Waals surface area (Å²) < 4.78 is 0. The van der Waals surface area contributed by atoms with E-state index in [2.05, 4.69) is 158 Å². The highest BCUT2D eigenvalue weighted by molar-refractivity contribution is 6.23. The monoisotopic (exact) mass is 566 g/mol. The van der Waals surface area contributed by atoms with Crippen molar-refractivity contribution < 1.29 is 0 Å². The van der Waals surface area contributed by atoms with Crippen molar-refractivity contribution in [2.24, 2.45) is 0 Å². The van der Waals surface area contributed by atoms with Crippen LogP contribution in [0.1, 0.15) is 22.3 Å². The third kappa shape index (κ3) is 2.75. The average molecular weight is 567 g/mol. The van der Waals surface area contributed by atoms with E-state index in [0.29, 0.717) is 0 Å². The van der Waals surface area contributed by atoms with E-state index in [1.54, 1.807) is 0 Å². The normalized spacial score (nSPS) is 14.0. The quantitative estimate of drug-likeness (QED) is 0.185. The first-order valence-corrected chi connectivity index (χ1v) is 15.9. The molecule has 0 saturated carbocycles. The Morgan fingerprint density at radius 1 is 0.311 bits per heavy atom. The summed E-state index contributed by atoms with van der Waals surface area (Å²) in [5.74, 6) is 0. The predicted molar refractivity (Wildman–Crippen MR) is 188 cm³/mol. The van der Waals surface area contributed by atoms with Crippen LogP contribution in [0, 0.1) is 0 Å². The van der Waals surface area contributed by atoms with Crippen LogP contribution in [0.5, 0.6) is 0 Å². The van der Waals surface area contributed by atoms with Gasteiger partial charge in [0, 0.05) is 0 Å². The number of rotatable bonds is 1. The molecule has 0 heterocycles. The van der Waals surface area contributed by atoms with E-state index in [0.717, 1.165) is 0 Å². The molecule has 0 atom stereocenters. The lowest BCUT2D eigenvalue weighted by Gasteiger charge is -2.30. The molecular weight excluding hydrogens is 540 g/mol. The van der Waals surface area contributed by atoms with Gasteiger partial charge in [-0.2, -0.15) is 0 Å². The van der Waals surface area contributed by atoms with E-state index in [1.807, 2.05) is 0 Å². The number of hydrogen-bond donors (Lipinski definition) is 0. The molecule has 0 bridgehead atoms. The van der Waals surface area contributed by atoms with Crippen molar-refractivity contribution in [2.75, 3.05) is 0 Å². The molecule has 8 aromatic carbocycles. The Morgan fingerprint density at radius 3 is 1.67 bits per heavy atom. The molecule has 206 valence electrons. The van der Waals surface area contributed by atoms with Gasteiger partial charge in [-0.25, -0.2) is 0 Å². The Labute approximate surface area is 261 Å². The Bertz CT molecular complexity index is 2550. The van der Waals surface area contributed by atoms with Crippen LogP contribution in [0.3, 0.4) is 0 Å². The minimum atomic E-state index is -0.349. The van der Waals surface area contributed by atoms with Gasteiger partial charge in [-0.05, 0) is 112 Å². The summed E-state index contributed by atoms with van der Waals surface area (Å²) in [5.41, 5.74) is 18.6. The first kappa shape index (κ1) is 23.7. The highest BCUT2D eigenvalue weighted by atomic mass is 14.5. The van der Waals surface area contributed by atoms with Crippen molar-refractivity contribution in [3.8, 4) is 55.6 Å². The molecule has 0 nitrogen and oxygen atoms in total. The lowest BCUT2D eigenvalue weighted by Crippen LogP contribution is -2.25. The van der Waals surface area contributed by atoms with Crippen molar-refractivity contribution in [2.45, 2.75) is 5.41 Å². The Balaban J connectivity index is 1.27. The fourth-order valence-corrected chi connectivity index (χ4v) is 9.14.